The summed E-state index contributed by atoms with van der Waals surface area (Å²) in [5, 5.41) is 0. The van der Waals surface area contributed by atoms with Crippen molar-refractivity contribution in [3.8, 4) is 22.6 Å². The zero-order valence-corrected chi connectivity index (χ0v) is 18.5. The second kappa shape index (κ2) is 7.17. The summed E-state index contributed by atoms with van der Waals surface area (Å²) in [6.45, 7) is 1.70. The number of rotatable bonds is 6. The first-order valence-electron chi connectivity index (χ1n) is 10.5. The Morgan fingerprint density at radius 2 is 2.00 bits per heavy atom. The lowest BCUT2D eigenvalue weighted by Crippen LogP contribution is -2.35. The van der Waals surface area contributed by atoms with Crippen LogP contribution in [0.3, 0.4) is 0 Å². The minimum Gasteiger partial charge on any atom is -0.493 e. The molecule has 1 fully saturated rings. The molecule has 5 rings (SSSR count). The normalized spacial score (nSPS) is 20.3. The Morgan fingerprint density at radius 3 is 2.70 bits per heavy atom. The number of fused-ring (bicyclic) bond motifs is 2. The molecule has 1 aliphatic heterocycles. The molecule has 1 N–H and O–H groups in total. The molecule has 0 amide bonds. The fourth-order valence-corrected chi connectivity index (χ4v) is 5.30. The van der Waals surface area contributed by atoms with Gasteiger partial charge in [0.1, 0.15) is 0 Å². The first-order chi connectivity index (χ1) is 14.3. The fourth-order valence-electron chi connectivity index (χ4n) is 4.75. The van der Waals surface area contributed by atoms with Crippen molar-refractivity contribution >= 4 is 15.7 Å². The van der Waals surface area contributed by atoms with Gasteiger partial charge in [-0.3, -0.25) is 9.62 Å². The Bertz CT molecular complexity index is 1110. The molecule has 160 valence electrons. The summed E-state index contributed by atoms with van der Waals surface area (Å²) in [6.07, 6.45) is 5.47. The van der Waals surface area contributed by atoms with E-state index in [1.54, 1.807) is 7.11 Å². The molecule has 6 nitrogen and oxygen atoms in total. The standard InChI is InChI=1S/C23H28N2O4S/c1-25-9-8-16-11-20(28-2)23(29-13-14-4-5-14)22-18-12-17(24-30(3,26)27)7-6-15(18)10-19(25)21(16)22/h6-7,11-12,14,19,24H,4-5,8-10,13H2,1-3H3. The van der Waals surface area contributed by atoms with Gasteiger partial charge in [-0.15, -0.1) is 0 Å². The highest BCUT2D eigenvalue weighted by Crippen LogP contribution is 2.53. The summed E-state index contributed by atoms with van der Waals surface area (Å²) >= 11 is 0. The number of nitrogens with zero attached hydrogens (tertiary/aromatic N) is 1. The van der Waals surface area contributed by atoms with Crippen LogP contribution in [0.5, 0.6) is 11.5 Å². The smallest absolute Gasteiger partial charge is 0.229 e. The average molecular weight is 429 g/mol. The summed E-state index contributed by atoms with van der Waals surface area (Å²) in [5.74, 6) is 2.18. The fraction of sp³-hybridized carbons (Fsp3) is 0.478. The lowest BCUT2D eigenvalue weighted by Gasteiger charge is -2.40. The van der Waals surface area contributed by atoms with Crippen molar-refractivity contribution in [2.45, 2.75) is 31.7 Å². The first-order valence-corrected chi connectivity index (χ1v) is 12.4. The van der Waals surface area contributed by atoms with E-state index >= 15 is 0 Å². The van der Waals surface area contributed by atoms with Gasteiger partial charge in [0.2, 0.25) is 10.0 Å². The van der Waals surface area contributed by atoms with Gasteiger partial charge in [0, 0.05) is 23.8 Å². The van der Waals surface area contributed by atoms with Crippen LogP contribution in [0.1, 0.15) is 35.6 Å². The number of benzene rings is 2. The summed E-state index contributed by atoms with van der Waals surface area (Å²) in [4.78, 5) is 2.41. The Kier molecular flexibility index (Phi) is 4.71. The molecular formula is C23H28N2O4S. The number of nitrogens with one attached hydrogen (secondary N) is 1. The maximum atomic E-state index is 11.8. The number of hydrogen-bond acceptors (Lipinski definition) is 5. The molecule has 2 aromatic rings. The second-order valence-corrected chi connectivity index (χ2v) is 10.6. The van der Waals surface area contributed by atoms with Crippen LogP contribution in [0.25, 0.3) is 11.1 Å². The maximum absolute atomic E-state index is 11.8. The van der Waals surface area contributed by atoms with E-state index in [2.05, 4.69) is 22.7 Å². The van der Waals surface area contributed by atoms with Crippen LogP contribution in [0.2, 0.25) is 0 Å². The lowest BCUT2D eigenvalue weighted by molar-refractivity contribution is 0.225. The minimum atomic E-state index is -3.35. The van der Waals surface area contributed by atoms with E-state index in [0.29, 0.717) is 24.3 Å². The number of methoxy groups -OCH3 is 1. The van der Waals surface area contributed by atoms with Gasteiger partial charge < -0.3 is 9.47 Å². The highest BCUT2D eigenvalue weighted by atomic mass is 32.2. The Hall–Kier alpha value is -2.25. The van der Waals surface area contributed by atoms with Crippen molar-refractivity contribution in [3.63, 3.8) is 0 Å². The van der Waals surface area contributed by atoms with Crippen LogP contribution < -0.4 is 14.2 Å². The van der Waals surface area contributed by atoms with Crippen molar-refractivity contribution in [1.29, 1.82) is 0 Å². The molecule has 30 heavy (non-hydrogen) atoms. The molecule has 0 saturated heterocycles. The highest BCUT2D eigenvalue weighted by Gasteiger charge is 2.37. The molecule has 0 aromatic heterocycles. The largest absolute Gasteiger partial charge is 0.493 e. The van der Waals surface area contributed by atoms with Crippen molar-refractivity contribution in [1.82, 2.24) is 4.90 Å². The van der Waals surface area contributed by atoms with E-state index in [9.17, 15) is 8.42 Å². The van der Waals surface area contributed by atoms with Crippen LogP contribution >= 0.6 is 0 Å². The Labute approximate surface area is 178 Å². The molecule has 3 aliphatic rings. The molecule has 0 bridgehead atoms. The molecule has 1 heterocycles. The molecule has 0 radical (unpaired) electrons. The summed E-state index contributed by atoms with van der Waals surface area (Å²) in [6, 6.07) is 8.27. The van der Waals surface area contributed by atoms with Crippen molar-refractivity contribution < 1.29 is 17.9 Å². The maximum Gasteiger partial charge on any atom is 0.229 e. The van der Waals surface area contributed by atoms with Gasteiger partial charge >= 0.3 is 0 Å². The molecule has 0 spiro atoms. The van der Waals surface area contributed by atoms with E-state index in [-0.39, 0.29) is 0 Å². The minimum absolute atomic E-state index is 0.291. The summed E-state index contributed by atoms with van der Waals surface area (Å²) < 4.78 is 38.4. The predicted octanol–water partition coefficient (Wildman–Crippen LogP) is 3.61. The van der Waals surface area contributed by atoms with Gasteiger partial charge in [-0.05, 0) is 79.1 Å². The number of ether oxygens (including phenoxy) is 2. The van der Waals surface area contributed by atoms with Crippen LogP contribution in [-0.4, -0.2) is 46.9 Å². The molecule has 2 aromatic carbocycles. The number of hydrogen-bond donors (Lipinski definition) is 1. The topological polar surface area (TPSA) is 67.9 Å². The van der Waals surface area contributed by atoms with E-state index in [4.69, 9.17) is 9.47 Å². The molecule has 7 heteroatoms. The van der Waals surface area contributed by atoms with Gasteiger partial charge in [0.25, 0.3) is 0 Å². The van der Waals surface area contributed by atoms with E-state index in [0.717, 1.165) is 42.0 Å². The van der Waals surface area contributed by atoms with Crippen molar-refractivity contribution in [2.75, 3.05) is 38.3 Å². The van der Waals surface area contributed by atoms with Crippen molar-refractivity contribution in [3.05, 3.63) is 41.0 Å². The SMILES string of the molecule is COc1cc2c3c(c1OCC1CC1)-c1cc(NS(C)(=O)=O)ccc1CC3N(C)CC2. The molecule has 2 aliphatic carbocycles. The van der Waals surface area contributed by atoms with Crippen LogP contribution in [-0.2, 0) is 22.9 Å². The lowest BCUT2D eigenvalue weighted by atomic mass is 9.76. The quantitative estimate of drug-likeness (QED) is 0.761. The summed E-state index contributed by atoms with van der Waals surface area (Å²) in [5.41, 5.74) is 6.49. The number of sulfonamides is 1. The molecule has 1 atom stereocenters. The molecule has 1 unspecified atom stereocenters. The number of likely N-dealkylation sites (N-methyl/N-ethyl adjacent to an activating group) is 1. The first kappa shape index (κ1) is 19.7. The van der Waals surface area contributed by atoms with E-state index < -0.39 is 10.0 Å². The van der Waals surface area contributed by atoms with Crippen LogP contribution in [0, 0.1) is 5.92 Å². The second-order valence-electron chi connectivity index (χ2n) is 8.81. The monoisotopic (exact) mass is 428 g/mol. The van der Waals surface area contributed by atoms with Crippen LogP contribution in [0.4, 0.5) is 5.69 Å². The summed E-state index contributed by atoms with van der Waals surface area (Å²) in [7, 11) is 0.516. The third-order valence-corrected chi connectivity index (χ3v) is 7.05. The van der Waals surface area contributed by atoms with Gasteiger partial charge in [0.05, 0.1) is 20.0 Å². The predicted molar refractivity (Wildman–Crippen MR) is 118 cm³/mol. The third-order valence-electron chi connectivity index (χ3n) is 6.45. The van der Waals surface area contributed by atoms with Gasteiger partial charge in [0.15, 0.2) is 11.5 Å². The highest BCUT2D eigenvalue weighted by molar-refractivity contribution is 7.92. The van der Waals surface area contributed by atoms with Gasteiger partial charge in [-0.25, -0.2) is 8.42 Å². The zero-order chi connectivity index (χ0) is 21.0. The van der Waals surface area contributed by atoms with E-state index in [1.807, 2.05) is 18.2 Å². The van der Waals surface area contributed by atoms with E-state index in [1.165, 1.54) is 35.8 Å². The number of anilines is 1. The Balaban J connectivity index is 1.72. The van der Waals surface area contributed by atoms with Gasteiger partial charge in [-0.1, -0.05) is 6.07 Å². The van der Waals surface area contributed by atoms with Gasteiger partial charge in [-0.2, -0.15) is 0 Å². The zero-order valence-electron chi connectivity index (χ0n) is 17.7. The van der Waals surface area contributed by atoms with Crippen LogP contribution in [0.15, 0.2) is 24.3 Å². The third kappa shape index (κ3) is 3.54. The molecule has 1 saturated carbocycles. The van der Waals surface area contributed by atoms with Crippen molar-refractivity contribution in [2.24, 2.45) is 5.92 Å². The average Bonchev–Trinajstić information content (AvgIpc) is 3.52. The Morgan fingerprint density at radius 1 is 1.20 bits per heavy atom. The molecular weight excluding hydrogens is 400 g/mol.